The second-order valence-corrected chi connectivity index (χ2v) is 5.45. The van der Waals surface area contributed by atoms with E-state index in [4.69, 9.17) is 5.73 Å². The van der Waals surface area contributed by atoms with E-state index in [1.807, 2.05) is 43.3 Å². The molecule has 3 aromatic rings. The highest BCUT2D eigenvalue weighted by Gasteiger charge is 1.95. The number of nitrogens with two attached hydrogens (primary N) is 1. The van der Waals surface area contributed by atoms with E-state index in [1.54, 1.807) is 0 Å². The fourth-order valence-corrected chi connectivity index (χ4v) is 2.22. The normalized spacial score (nSPS) is 11.1. The van der Waals surface area contributed by atoms with E-state index < -0.39 is 0 Å². The van der Waals surface area contributed by atoms with Gasteiger partial charge in [-0.2, -0.15) is 0 Å². The maximum atomic E-state index is 5.36. The third kappa shape index (κ3) is 5.29. The van der Waals surface area contributed by atoms with Gasteiger partial charge in [-0.15, -0.1) is 0 Å². The molecule has 0 aliphatic rings. The van der Waals surface area contributed by atoms with Crippen LogP contribution >= 0.6 is 0 Å². The summed E-state index contributed by atoms with van der Waals surface area (Å²) in [6.07, 6.45) is 8.12. The summed E-state index contributed by atoms with van der Waals surface area (Å²) in [6.45, 7) is 5.78. The van der Waals surface area contributed by atoms with Gasteiger partial charge < -0.3 is 5.73 Å². The third-order valence-electron chi connectivity index (χ3n) is 3.58. The topological polar surface area (TPSA) is 26.0 Å². The van der Waals surface area contributed by atoms with Gasteiger partial charge in [-0.1, -0.05) is 97.1 Å². The second-order valence-electron chi connectivity index (χ2n) is 5.45. The number of para-hydroxylation sites is 1. The summed E-state index contributed by atoms with van der Waals surface area (Å²) in [4.78, 5) is 0. The van der Waals surface area contributed by atoms with Crippen LogP contribution in [0.2, 0.25) is 0 Å². The maximum Gasteiger partial charge on any atom is 0.0313 e. The zero-order valence-corrected chi connectivity index (χ0v) is 14.0. The predicted octanol–water partition coefficient (Wildman–Crippen LogP) is 6.25. The average Bonchev–Trinajstić information content (AvgIpc) is 2.63. The molecule has 0 amide bonds. The van der Waals surface area contributed by atoms with Gasteiger partial charge in [0.2, 0.25) is 0 Å². The minimum absolute atomic E-state index is 0.822. The summed E-state index contributed by atoms with van der Waals surface area (Å²) >= 11 is 0. The van der Waals surface area contributed by atoms with E-state index in [2.05, 4.69) is 67.3 Å². The first-order valence-corrected chi connectivity index (χ1v) is 7.96. The van der Waals surface area contributed by atoms with Gasteiger partial charge in [0.05, 0.1) is 0 Å². The number of nitrogen functional groups attached to an aromatic ring is 1. The second kappa shape index (κ2) is 9.16. The first-order valence-electron chi connectivity index (χ1n) is 7.96. The van der Waals surface area contributed by atoms with Crippen LogP contribution < -0.4 is 5.73 Å². The lowest BCUT2D eigenvalue weighted by Crippen LogP contribution is -1.79. The van der Waals surface area contributed by atoms with Crippen molar-refractivity contribution in [2.75, 3.05) is 5.73 Å². The standard InChI is InChI=1S/C17H16.C6H7N/c1-3-14(2)8-6-10-16-12-7-11-15-9-4-5-13-17(15)16;7-6-4-2-1-3-5-6/h3-13H,1H2,2H3;1-5H,7H2/b10-6-,14-8-;. The van der Waals surface area contributed by atoms with Crippen molar-refractivity contribution in [2.24, 2.45) is 0 Å². The van der Waals surface area contributed by atoms with Crippen LogP contribution in [-0.2, 0) is 0 Å². The van der Waals surface area contributed by atoms with Gasteiger partial charge in [0.15, 0.2) is 0 Å². The minimum Gasteiger partial charge on any atom is -0.399 e. The molecular weight excluding hydrogens is 290 g/mol. The van der Waals surface area contributed by atoms with Crippen molar-refractivity contribution in [3.63, 3.8) is 0 Å². The zero-order valence-electron chi connectivity index (χ0n) is 14.0. The van der Waals surface area contributed by atoms with Crippen LogP contribution in [-0.4, -0.2) is 0 Å². The summed E-state index contributed by atoms with van der Waals surface area (Å²) in [7, 11) is 0. The minimum atomic E-state index is 0.822. The van der Waals surface area contributed by atoms with Crippen LogP contribution in [0.3, 0.4) is 0 Å². The molecule has 0 saturated carbocycles. The molecule has 3 rings (SSSR count). The van der Waals surface area contributed by atoms with Gasteiger partial charge in [-0.3, -0.25) is 0 Å². The molecule has 0 aliphatic carbocycles. The van der Waals surface area contributed by atoms with Gasteiger partial charge in [0, 0.05) is 5.69 Å². The van der Waals surface area contributed by atoms with Crippen LogP contribution in [0.1, 0.15) is 12.5 Å². The molecule has 0 fully saturated rings. The Morgan fingerprint density at radius 1 is 0.875 bits per heavy atom. The molecule has 0 aromatic heterocycles. The zero-order chi connectivity index (χ0) is 17.2. The number of fused-ring (bicyclic) bond motifs is 1. The predicted molar refractivity (Wildman–Crippen MR) is 108 cm³/mol. The van der Waals surface area contributed by atoms with E-state index in [0.29, 0.717) is 0 Å². The first kappa shape index (κ1) is 17.3. The van der Waals surface area contributed by atoms with Crippen LogP contribution in [0.5, 0.6) is 0 Å². The summed E-state index contributed by atoms with van der Waals surface area (Å²) in [5.74, 6) is 0. The molecule has 0 spiro atoms. The molecule has 0 saturated heterocycles. The molecule has 1 heteroatoms. The molecule has 2 N–H and O–H groups in total. The van der Waals surface area contributed by atoms with Crippen molar-refractivity contribution >= 4 is 22.5 Å². The Labute approximate surface area is 144 Å². The highest BCUT2D eigenvalue weighted by molar-refractivity contribution is 5.90. The number of allylic oxidation sites excluding steroid dienone is 4. The van der Waals surface area contributed by atoms with E-state index in [-0.39, 0.29) is 0 Å². The molecular formula is C23H23N. The van der Waals surface area contributed by atoms with Crippen molar-refractivity contribution < 1.29 is 0 Å². The fraction of sp³-hybridized carbons (Fsp3) is 0.0435. The molecule has 3 aromatic carbocycles. The van der Waals surface area contributed by atoms with Crippen molar-refractivity contribution in [3.05, 3.63) is 109 Å². The van der Waals surface area contributed by atoms with Crippen molar-refractivity contribution in [2.45, 2.75) is 6.92 Å². The van der Waals surface area contributed by atoms with Gasteiger partial charge in [0.1, 0.15) is 0 Å². The van der Waals surface area contributed by atoms with Gasteiger partial charge in [0.25, 0.3) is 0 Å². The van der Waals surface area contributed by atoms with E-state index >= 15 is 0 Å². The lowest BCUT2D eigenvalue weighted by molar-refractivity contribution is 1.54. The number of rotatable bonds is 3. The van der Waals surface area contributed by atoms with E-state index in [9.17, 15) is 0 Å². The Morgan fingerprint density at radius 3 is 2.21 bits per heavy atom. The van der Waals surface area contributed by atoms with Crippen LogP contribution in [0.4, 0.5) is 5.69 Å². The Hall–Kier alpha value is -3.06. The van der Waals surface area contributed by atoms with Crippen molar-refractivity contribution in [1.29, 1.82) is 0 Å². The van der Waals surface area contributed by atoms with Gasteiger partial charge in [-0.25, -0.2) is 0 Å². The molecule has 0 bridgehead atoms. The van der Waals surface area contributed by atoms with E-state index in [0.717, 1.165) is 5.69 Å². The molecule has 120 valence electrons. The Bertz CT molecular complexity index is 837. The number of hydrogen-bond donors (Lipinski definition) is 1. The van der Waals surface area contributed by atoms with Crippen LogP contribution in [0.15, 0.2) is 103 Å². The smallest absolute Gasteiger partial charge is 0.0313 e. The Morgan fingerprint density at radius 2 is 1.54 bits per heavy atom. The fourth-order valence-electron chi connectivity index (χ4n) is 2.22. The molecule has 0 radical (unpaired) electrons. The van der Waals surface area contributed by atoms with E-state index in [1.165, 1.54) is 21.9 Å². The average molecular weight is 313 g/mol. The molecule has 24 heavy (non-hydrogen) atoms. The number of benzene rings is 3. The molecule has 0 aliphatic heterocycles. The number of hydrogen-bond acceptors (Lipinski definition) is 1. The van der Waals surface area contributed by atoms with Crippen molar-refractivity contribution in [3.8, 4) is 0 Å². The molecule has 0 heterocycles. The molecule has 0 unspecified atom stereocenters. The largest absolute Gasteiger partial charge is 0.399 e. The third-order valence-corrected chi connectivity index (χ3v) is 3.58. The summed E-state index contributed by atoms with van der Waals surface area (Å²) < 4.78 is 0. The summed E-state index contributed by atoms with van der Waals surface area (Å²) in [6, 6.07) is 24.3. The summed E-state index contributed by atoms with van der Waals surface area (Å²) in [5, 5.41) is 2.56. The maximum absolute atomic E-state index is 5.36. The number of anilines is 1. The summed E-state index contributed by atoms with van der Waals surface area (Å²) in [5.41, 5.74) is 8.59. The van der Waals surface area contributed by atoms with Gasteiger partial charge >= 0.3 is 0 Å². The van der Waals surface area contributed by atoms with Crippen LogP contribution in [0.25, 0.3) is 16.8 Å². The van der Waals surface area contributed by atoms with Gasteiger partial charge in [-0.05, 0) is 35.4 Å². The lowest BCUT2D eigenvalue weighted by atomic mass is 10.0. The van der Waals surface area contributed by atoms with Crippen LogP contribution in [0, 0.1) is 0 Å². The SMILES string of the molecule is C=C/C(C)=C\C=C/c1cccc2ccccc12.Nc1ccccc1. The highest BCUT2D eigenvalue weighted by atomic mass is 14.5. The lowest BCUT2D eigenvalue weighted by Gasteiger charge is -2.00. The molecule has 1 nitrogen and oxygen atoms in total. The quantitative estimate of drug-likeness (QED) is 0.448. The van der Waals surface area contributed by atoms with Crippen molar-refractivity contribution in [1.82, 2.24) is 0 Å². The first-order chi connectivity index (χ1) is 11.7. The molecule has 0 atom stereocenters. The monoisotopic (exact) mass is 313 g/mol. The Kier molecular flexibility index (Phi) is 6.60. The Balaban J connectivity index is 0.000000249. The highest BCUT2D eigenvalue weighted by Crippen LogP contribution is 2.19.